The number of hydrogen-bond donors (Lipinski definition) is 2. The zero-order chi connectivity index (χ0) is 8.81. The summed E-state index contributed by atoms with van der Waals surface area (Å²) in [6.07, 6.45) is 4.68. The summed E-state index contributed by atoms with van der Waals surface area (Å²) in [4.78, 5) is 4.24. The predicted molar refractivity (Wildman–Crippen MR) is 52.3 cm³/mol. The van der Waals surface area contributed by atoms with Crippen LogP contribution in [0.3, 0.4) is 0 Å². The highest BCUT2D eigenvalue weighted by atomic mass is 14.9. The summed E-state index contributed by atoms with van der Waals surface area (Å²) in [5.41, 5.74) is 0. The van der Waals surface area contributed by atoms with E-state index in [1.54, 1.807) is 6.21 Å². The lowest BCUT2D eigenvalue weighted by molar-refractivity contribution is 0.403. The summed E-state index contributed by atoms with van der Waals surface area (Å²) >= 11 is 0. The van der Waals surface area contributed by atoms with Crippen molar-refractivity contribution in [1.82, 2.24) is 5.32 Å². The van der Waals surface area contributed by atoms with Crippen LogP contribution in [0, 0.1) is 17.2 Å². The molecule has 68 valence electrons. The van der Waals surface area contributed by atoms with Crippen molar-refractivity contribution in [3.63, 3.8) is 0 Å². The summed E-state index contributed by atoms with van der Waals surface area (Å²) in [5, 5.41) is 10.5. The van der Waals surface area contributed by atoms with Crippen molar-refractivity contribution >= 4 is 12.4 Å². The molecule has 0 spiro atoms. The summed E-state index contributed by atoms with van der Waals surface area (Å²) in [5.74, 6) is 0.845. The molecule has 0 amide bonds. The molecular formula is C9H17N3. The highest BCUT2D eigenvalue weighted by Crippen LogP contribution is 2.14. The van der Waals surface area contributed by atoms with Crippen molar-refractivity contribution < 1.29 is 0 Å². The van der Waals surface area contributed by atoms with E-state index in [9.17, 15) is 0 Å². The normalized spacial score (nSPS) is 30.8. The molecule has 2 N–H and O–H groups in total. The van der Waals surface area contributed by atoms with Gasteiger partial charge in [0.05, 0.1) is 0 Å². The molecule has 0 aromatic heterocycles. The standard InChI is InChI=1S/C9H17N3/c1-2-11-6-8-3-4-12-7-9(8)5-10/h5-6,8-10,12H,2-4,7H2,1H3. The molecule has 0 bridgehead atoms. The highest BCUT2D eigenvalue weighted by Gasteiger charge is 2.20. The largest absolute Gasteiger partial charge is 0.316 e. The number of piperidine rings is 1. The monoisotopic (exact) mass is 167 g/mol. The van der Waals surface area contributed by atoms with Crippen LogP contribution in [0.25, 0.3) is 0 Å². The maximum atomic E-state index is 7.24. The number of nitrogens with zero attached hydrogens (tertiary/aromatic N) is 1. The molecule has 2 unspecified atom stereocenters. The van der Waals surface area contributed by atoms with Crippen LogP contribution in [0.1, 0.15) is 13.3 Å². The van der Waals surface area contributed by atoms with Crippen molar-refractivity contribution in [3.8, 4) is 0 Å². The van der Waals surface area contributed by atoms with E-state index in [1.165, 1.54) is 0 Å². The van der Waals surface area contributed by atoms with E-state index in [-0.39, 0.29) is 0 Å². The Bertz CT molecular complexity index is 165. The van der Waals surface area contributed by atoms with Crippen LogP contribution < -0.4 is 5.32 Å². The third kappa shape index (κ3) is 2.41. The first-order chi connectivity index (χ1) is 5.88. The van der Waals surface area contributed by atoms with Gasteiger partial charge in [0, 0.05) is 37.4 Å². The second-order valence-corrected chi connectivity index (χ2v) is 3.14. The number of rotatable bonds is 3. The molecule has 1 saturated heterocycles. The zero-order valence-electron chi connectivity index (χ0n) is 7.59. The van der Waals surface area contributed by atoms with Gasteiger partial charge >= 0.3 is 0 Å². The summed E-state index contributed by atoms with van der Waals surface area (Å²) < 4.78 is 0. The van der Waals surface area contributed by atoms with Crippen LogP contribution in [0.5, 0.6) is 0 Å². The fourth-order valence-electron chi connectivity index (χ4n) is 1.51. The molecular weight excluding hydrogens is 150 g/mol. The van der Waals surface area contributed by atoms with E-state index in [0.717, 1.165) is 26.1 Å². The summed E-state index contributed by atoms with van der Waals surface area (Å²) in [6, 6.07) is 0. The van der Waals surface area contributed by atoms with Gasteiger partial charge in [-0.15, -0.1) is 0 Å². The van der Waals surface area contributed by atoms with Crippen LogP contribution >= 0.6 is 0 Å². The van der Waals surface area contributed by atoms with Crippen molar-refractivity contribution in [2.75, 3.05) is 19.6 Å². The topological polar surface area (TPSA) is 48.2 Å². The molecule has 1 aliphatic heterocycles. The van der Waals surface area contributed by atoms with Crippen LogP contribution in [0.2, 0.25) is 0 Å². The van der Waals surface area contributed by atoms with E-state index < -0.39 is 0 Å². The van der Waals surface area contributed by atoms with E-state index >= 15 is 0 Å². The smallest absolute Gasteiger partial charge is 0.0357 e. The molecule has 1 rings (SSSR count). The Morgan fingerprint density at radius 2 is 2.42 bits per heavy atom. The molecule has 0 saturated carbocycles. The van der Waals surface area contributed by atoms with Gasteiger partial charge in [-0.05, 0) is 19.9 Å². The van der Waals surface area contributed by atoms with Crippen LogP contribution in [0.4, 0.5) is 0 Å². The second-order valence-electron chi connectivity index (χ2n) is 3.14. The molecule has 3 heteroatoms. The van der Waals surface area contributed by atoms with Crippen LogP contribution in [-0.2, 0) is 0 Å². The first-order valence-electron chi connectivity index (χ1n) is 4.59. The molecule has 1 fully saturated rings. The molecule has 0 aromatic rings. The van der Waals surface area contributed by atoms with Crippen molar-refractivity contribution in [1.29, 1.82) is 5.41 Å². The fourth-order valence-corrected chi connectivity index (χ4v) is 1.51. The minimum absolute atomic E-state index is 0.356. The molecule has 0 radical (unpaired) electrons. The Hall–Kier alpha value is -0.700. The summed E-state index contributed by atoms with van der Waals surface area (Å²) in [6.45, 7) is 4.89. The van der Waals surface area contributed by atoms with E-state index in [0.29, 0.717) is 11.8 Å². The lowest BCUT2D eigenvalue weighted by Crippen LogP contribution is -2.37. The highest BCUT2D eigenvalue weighted by molar-refractivity contribution is 5.70. The molecule has 0 aromatic carbocycles. The average Bonchev–Trinajstić information content (AvgIpc) is 2.15. The van der Waals surface area contributed by atoms with Gasteiger partial charge in [-0.3, -0.25) is 4.99 Å². The van der Waals surface area contributed by atoms with E-state index in [1.807, 2.05) is 13.1 Å². The lowest BCUT2D eigenvalue weighted by Gasteiger charge is -2.26. The van der Waals surface area contributed by atoms with Crippen molar-refractivity contribution in [2.24, 2.45) is 16.8 Å². The van der Waals surface area contributed by atoms with E-state index in [4.69, 9.17) is 5.41 Å². The maximum Gasteiger partial charge on any atom is 0.0357 e. The summed E-state index contributed by atoms with van der Waals surface area (Å²) in [7, 11) is 0. The molecule has 0 aliphatic carbocycles. The molecule has 12 heavy (non-hydrogen) atoms. The van der Waals surface area contributed by atoms with Crippen LogP contribution in [-0.4, -0.2) is 32.1 Å². The molecule has 1 aliphatic rings. The Kier molecular flexibility index (Phi) is 3.94. The number of aliphatic imine (C=N–C) groups is 1. The molecule has 1 heterocycles. The van der Waals surface area contributed by atoms with E-state index in [2.05, 4.69) is 10.3 Å². The van der Waals surface area contributed by atoms with Crippen molar-refractivity contribution in [3.05, 3.63) is 0 Å². The van der Waals surface area contributed by atoms with Gasteiger partial charge in [-0.2, -0.15) is 0 Å². The van der Waals surface area contributed by atoms with Crippen molar-refractivity contribution in [2.45, 2.75) is 13.3 Å². The molecule has 2 atom stereocenters. The van der Waals surface area contributed by atoms with Gasteiger partial charge in [0.2, 0.25) is 0 Å². The molecule has 3 nitrogen and oxygen atoms in total. The SMILES string of the molecule is CCN=CC1CCNCC1C=N. The minimum Gasteiger partial charge on any atom is -0.316 e. The Labute approximate surface area is 73.8 Å². The van der Waals surface area contributed by atoms with Gasteiger partial charge in [0.15, 0.2) is 0 Å². The Morgan fingerprint density at radius 3 is 3.08 bits per heavy atom. The van der Waals surface area contributed by atoms with Crippen LogP contribution in [0.15, 0.2) is 4.99 Å². The third-order valence-electron chi connectivity index (χ3n) is 2.28. The Balaban J connectivity index is 2.46. The predicted octanol–water partition coefficient (Wildman–Crippen LogP) is 0.952. The second kappa shape index (κ2) is 5.04. The van der Waals surface area contributed by atoms with Gasteiger partial charge in [0.1, 0.15) is 0 Å². The quantitative estimate of drug-likeness (QED) is 0.604. The van der Waals surface area contributed by atoms with Gasteiger partial charge in [-0.1, -0.05) is 0 Å². The first kappa shape index (κ1) is 9.39. The van der Waals surface area contributed by atoms with Gasteiger partial charge < -0.3 is 10.7 Å². The maximum absolute atomic E-state index is 7.24. The first-order valence-corrected chi connectivity index (χ1v) is 4.59. The lowest BCUT2D eigenvalue weighted by atomic mass is 9.88. The average molecular weight is 167 g/mol. The zero-order valence-corrected chi connectivity index (χ0v) is 7.59. The number of hydrogen-bond acceptors (Lipinski definition) is 3. The third-order valence-corrected chi connectivity index (χ3v) is 2.28. The number of nitrogens with one attached hydrogen (secondary N) is 2. The Morgan fingerprint density at radius 1 is 1.58 bits per heavy atom. The fraction of sp³-hybridized carbons (Fsp3) is 0.778. The minimum atomic E-state index is 0.356. The van der Waals surface area contributed by atoms with Gasteiger partial charge in [0.25, 0.3) is 0 Å². The van der Waals surface area contributed by atoms with Gasteiger partial charge in [-0.25, -0.2) is 0 Å².